The molecule has 0 radical (unpaired) electrons. The Morgan fingerprint density at radius 1 is 1.55 bits per heavy atom. The molecule has 0 bridgehead atoms. The molecule has 1 aromatic carbocycles. The van der Waals surface area contributed by atoms with Crippen LogP contribution in [0.2, 0.25) is 0 Å². The molecule has 2 heterocycles. The fraction of sp³-hybridized carbons (Fsp3) is 0.429. The van der Waals surface area contributed by atoms with Gasteiger partial charge in [0, 0.05) is 22.6 Å². The van der Waals surface area contributed by atoms with Gasteiger partial charge in [-0.3, -0.25) is 0 Å². The Morgan fingerprint density at radius 2 is 2.36 bits per heavy atom. The number of fused-ring (bicyclic) bond motifs is 1. The van der Waals surface area contributed by atoms with Crippen molar-refractivity contribution in [1.82, 2.24) is 14.8 Å². The van der Waals surface area contributed by atoms with Crippen LogP contribution in [-0.2, 0) is 13.0 Å². The van der Waals surface area contributed by atoms with Crippen LogP contribution in [0, 0.1) is 10.1 Å². The highest BCUT2D eigenvalue weighted by Gasteiger charge is 2.23. The molecule has 3 rings (SSSR count). The Balaban J connectivity index is 1.91. The van der Waals surface area contributed by atoms with E-state index < -0.39 is 10.9 Å². The predicted molar refractivity (Wildman–Crippen MR) is 77.2 cm³/mol. The zero-order chi connectivity index (χ0) is 15.7. The second-order valence-electron chi connectivity index (χ2n) is 5.13. The molecule has 0 amide bonds. The third-order valence-electron chi connectivity index (χ3n) is 3.40. The summed E-state index contributed by atoms with van der Waals surface area (Å²) in [5, 5.41) is 14.5. The van der Waals surface area contributed by atoms with E-state index in [0.717, 1.165) is 29.0 Å². The minimum Gasteiger partial charge on any atom is -0.494 e. The summed E-state index contributed by atoms with van der Waals surface area (Å²) in [4.78, 5) is 13.7. The molecule has 0 N–H and O–H groups in total. The molecule has 0 unspecified atom stereocenters. The predicted octanol–water partition coefficient (Wildman–Crippen LogP) is 1.96. The van der Waals surface area contributed by atoms with Crippen LogP contribution in [0.5, 0.6) is 11.5 Å². The fourth-order valence-electron chi connectivity index (χ4n) is 2.51. The van der Waals surface area contributed by atoms with Crippen molar-refractivity contribution in [2.75, 3.05) is 6.61 Å². The summed E-state index contributed by atoms with van der Waals surface area (Å²) in [6, 6.07) is 3.89. The molecule has 0 spiro atoms. The number of hydrogen-bond acceptors (Lipinski definition) is 6. The van der Waals surface area contributed by atoms with Gasteiger partial charge in [-0.25, -0.2) is 0 Å². The number of rotatable bonds is 5. The molecule has 116 valence electrons. The molecule has 0 aliphatic carbocycles. The number of aromatic nitrogens is 3. The van der Waals surface area contributed by atoms with Crippen LogP contribution in [0.25, 0.3) is 0 Å². The number of nitro groups is 1. The lowest BCUT2D eigenvalue weighted by Gasteiger charge is -2.11. The number of nitrogens with zero attached hydrogens (tertiary/aromatic N) is 4. The molecule has 1 aliphatic rings. The molecular weight excluding hydrogens is 288 g/mol. The van der Waals surface area contributed by atoms with Crippen LogP contribution >= 0.6 is 0 Å². The summed E-state index contributed by atoms with van der Waals surface area (Å²) in [5.74, 6) is 1.17. The van der Waals surface area contributed by atoms with Crippen LogP contribution in [0.3, 0.4) is 0 Å². The summed E-state index contributed by atoms with van der Waals surface area (Å²) in [6.07, 6.45) is 2.34. The van der Waals surface area contributed by atoms with Gasteiger partial charge in [-0.05, 0) is 30.9 Å². The first-order chi connectivity index (χ1) is 10.6. The van der Waals surface area contributed by atoms with Crippen LogP contribution < -0.4 is 9.47 Å². The fourth-order valence-corrected chi connectivity index (χ4v) is 2.51. The minimum absolute atomic E-state index is 0.146. The lowest BCUT2D eigenvalue weighted by atomic mass is 10.1. The maximum absolute atomic E-state index is 10.6. The summed E-state index contributed by atoms with van der Waals surface area (Å²) in [5.41, 5.74) is 1.97. The first-order valence-corrected chi connectivity index (χ1v) is 7.06. The molecule has 0 saturated carbocycles. The van der Waals surface area contributed by atoms with E-state index in [4.69, 9.17) is 9.47 Å². The lowest BCUT2D eigenvalue weighted by Crippen LogP contribution is -2.05. The maximum Gasteiger partial charge on any atom is 0.490 e. The Kier molecular flexibility index (Phi) is 3.66. The van der Waals surface area contributed by atoms with Crippen molar-refractivity contribution >= 4 is 5.95 Å². The monoisotopic (exact) mass is 304 g/mol. The summed E-state index contributed by atoms with van der Waals surface area (Å²) in [7, 11) is 0. The van der Waals surface area contributed by atoms with Crippen molar-refractivity contribution in [2.45, 2.75) is 32.9 Å². The molecule has 2 aromatic rings. The quantitative estimate of drug-likeness (QED) is 0.619. The van der Waals surface area contributed by atoms with Crippen LogP contribution in [0.1, 0.15) is 25.0 Å². The second kappa shape index (κ2) is 5.63. The van der Waals surface area contributed by atoms with Crippen molar-refractivity contribution in [1.29, 1.82) is 0 Å². The van der Waals surface area contributed by atoms with Gasteiger partial charge in [-0.15, -0.1) is 0 Å². The van der Waals surface area contributed by atoms with Gasteiger partial charge >= 0.3 is 5.95 Å². The topological polar surface area (TPSA) is 92.3 Å². The highest BCUT2D eigenvalue weighted by atomic mass is 16.6. The highest BCUT2D eigenvalue weighted by Crippen LogP contribution is 2.35. The zero-order valence-corrected chi connectivity index (χ0v) is 12.4. The van der Waals surface area contributed by atoms with E-state index in [1.807, 2.05) is 26.0 Å². The van der Waals surface area contributed by atoms with Crippen molar-refractivity contribution in [3.63, 3.8) is 0 Å². The molecule has 1 aromatic heterocycles. The third kappa shape index (κ3) is 2.72. The Morgan fingerprint density at radius 3 is 3.05 bits per heavy atom. The van der Waals surface area contributed by atoms with Gasteiger partial charge in [-0.2, -0.15) is 4.68 Å². The van der Waals surface area contributed by atoms with E-state index in [1.54, 1.807) is 0 Å². The molecule has 1 atom stereocenters. The summed E-state index contributed by atoms with van der Waals surface area (Å²) in [6.45, 7) is 4.80. The molecule has 1 aliphatic heterocycles. The standard InChI is InChI=1S/C14H16N4O4/c1-3-21-12-5-10-4-9(2)22-13(10)6-11(12)7-17-8-15-14(16-17)18(19)20/h5-6,8-9H,3-4,7H2,1-2H3/t9-/m1/s1. The first kappa shape index (κ1) is 14.3. The van der Waals surface area contributed by atoms with Gasteiger partial charge in [-0.1, -0.05) is 4.98 Å². The van der Waals surface area contributed by atoms with E-state index >= 15 is 0 Å². The molecule has 22 heavy (non-hydrogen) atoms. The molecule has 0 saturated heterocycles. The molecule has 8 nitrogen and oxygen atoms in total. The highest BCUT2D eigenvalue weighted by molar-refractivity contribution is 5.48. The van der Waals surface area contributed by atoms with E-state index in [-0.39, 0.29) is 6.10 Å². The Bertz CT molecular complexity index is 713. The van der Waals surface area contributed by atoms with Gasteiger partial charge < -0.3 is 19.6 Å². The van der Waals surface area contributed by atoms with Gasteiger partial charge in [0.1, 0.15) is 17.6 Å². The Hall–Kier alpha value is -2.64. The van der Waals surface area contributed by atoms with Crippen LogP contribution in [-0.4, -0.2) is 32.4 Å². The van der Waals surface area contributed by atoms with Crippen LogP contribution in [0.15, 0.2) is 18.5 Å². The van der Waals surface area contributed by atoms with E-state index in [9.17, 15) is 10.1 Å². The lowest BCUT2D eigenvalue weighted by molar-refractivity contribution is -0.394. The minimum atomic E-state index is -0.618. The maximum atomic E-state index is 10.6. The zero-order valence-electron chi connectivity index (χ0n) is 12.4. The van der Waals surface area contributed by atoms with Gasteiger partial charge in [0.2, 0.25) is 6.33 Å². The molecular formula is C14H16N4O4. The average Bonchev–Trinajstić information content (AvgIpc) is 3.05. The first-order valence-electron chi connectivity index (χ1n) is 7.06. The van der Waals surface area contributed by atoms with E-state index in [2.05, 4.69) is 10.1 Å². The second-order valence-corrected chi connectivity index (χ2v) is 5.13. The van der Waals surface area contributed by atoms with Crippen molar-refractivity contribution in [2.24, 2.45) is 0 Å². The molecule has 8 heteroatoms. The van der Waals surface area contributed by atoms with Crippen LogP contribution in [0.4, 0.5) is 5.95 Å². The normalized spacial score (nSPS) is 16.2. The van der Waals surface area contributed by atoms with Crippen molar-refractivity contribution in [3.05, 3.63) is 39.7 Å². The van der Waals surface area contributed by atoms with Gasteiger partial charge in [0.15, 0.2) is 0 Å². The number of ether oxygens (including phenoxy) is 2. The number of hydrogen-bond donors (Lipinski definition) is 0. The van der Waals surface area contributed by atoms with Crippen molar-refractivity contribution < 1.29 is 14.4 Å². The largest absolute Gasteiger partial charge is 0.494 e. The summed E-state index contributed by atoms with van der Waals surface area (Å²) >= 11 is 0. The average molecular weight is 304 g/mol. The Labute approximate surface area is 126 Å². The van der Waals surface area contributed by atoms with Gasteiger partial charge in [0.05, 0.1) is 13.2 Å². The van der Waals surface area contributed by atoms with E-state index in [0.29, 0.717) is 13.2 Å². The van der Waals surface area contributed by atoms with Crippen molar-refractivity contribution in [3.8, 4) is 11.5 Å². The third-order valence-corrected chi connectivity index (χ3v) is 3.40. The SMILES string of the molecule is CCOc1cc2c(cc1Cn1cnc([N+](=O)[O-])n1)O[C@H](C)C2. The van der Waals surface area contributed by atoms with Gasteiger partial charge in [0.25, 0.3) is 0 Å². The molecule has 0 fully saturated rings. The van der Waals surface area contributed by atoms with E-state index in [1.165, 1.54) is 11.0 Å². The summed E-state index contributed by atoms with van der Waals surface area (Å²) < 4.78 is 12.8. The number of benzene rings is 1. The smallest absolute Gasteiger partial charge is 0.490 e.